The van der Waals surface area contributed by atoms with E-state index in [9.17, 15) is 4.79 Å². The number of rotatable bonds is 10. The maximum Gasteiger partial charge on any atom is 0.313 e. The molecular formula is C28H38O3Si. The van der Waals surface area contributed by atoms with Gasteiger partial charge in [-0.15, -0.1) is 6.58 Å². The van der Waals surface area contributed by atoms with Gasteiger partial charge in [0.15, 0.2) is 0 Å². The van der Waals surface area contributed by atoms with Crippen molar-refractivity contribution in [3.8, 4) is 0 Å². The summed E-state index contributed by atoms with van der Waals surface area (Å²) in [7, 11) is -2.13. The first-order valence-electron chi connectivity index (χ1n) is 11.3. The lowest BCUT2D eigenvalue weighted by Gasteiger charge is -2.38. The molecule has 32 heavy (non-hydrogen) atoms. The molecule has 4 heteroatoms. The first-order valence-corrected chi connectivity index (χ1v) is 14.2. The normalized spacial score (nSPS) is 13.7. The van der Waals surface area contributed by atoms with E-state index >= 15 is 0 Å². The van der Waals surface area contributed by atoms with Gasteiger partial charge in [0.2, 0.25) is 8.32 Å². The molecule has 0 aromatic heterocycles. The average molecular weight is 451 g/mol. The Kier molecular flexibility index (Phi) is 9.08. The third kappa shape index (κ3) is 7.52. The Balaban J connectivity index is 2.25. The minimum Gasteiger partial charge on any atom is -0.546 e. The van der Waals surface area contributed by atoms with Gasteiger partial charge in [0.05, 0.1) is 5.76 Å². The predicted octanol–water partition coefficient (Wildman–Crippen LogP) is 7.56. The standard InChI is InChI=1S/C28H38O3Si/c1-8-15-25(20-23-16-11-9-12-17-23)30-27(29)21-26(31-32(6,7)28(3,4)5)22(2)24-18-13-10-14-19-24/h8-14,16-19,25H,1,15,20-21H2,2-7H3/b26-22-/t25-/m0/s1. The zero-order valence-electron chi connectivity index (χ0n) is 20.5. The highest BCUT2D eigenvalue weighted by Gasteiger charge is 2.40. The van der Waals surface area contributed by atoms with Gasteiger partial charge in [-0.3, -0.25) is 4.79 Å². The van der Waals surface area contributed by atoms with Crippen LogP contribution in [0, 0.1) is 0 Å². The third-order valence-corrected chi connectivity index (χ3v) is 10.5. The molecule has 0 radical (unpaired) electrons. The van der Waals surface area contributed by atoms with E-state index in [2.05, 4.69) is 52.6 Å². The van der Waals surface area contributed by atoms with Crippen LogP contribution in [0.5, 0.6) is 0 Å². The molecule has 2 aromatic rings. The van der Waals surface area contributed by atoms with Crippen LogP contribution < -0.4 is 0 Å². The summed E-state index contributed by atoms with van der Waals surface area (Å²) in [5.74, 6) is 0.446. The van der Waals surface area contributed by atoms with E-state index in [1.807, 2.05) is 55.5 Å². The van der Waals surface area contributed by atoms with E-state index in [1.165, 1.54) is 0 Å². The molecule has 1 atom stereocenters. The summed E-state index contributed by atoms with van der Waals surface area (Å²) in [5.41, 5.74) is 3.18. The molecule has 172 valence electrons. The molecule has 0 saturated heterocycles. The lowest BCUT2D eigenvalue weighted by molar-refractivity contribution is -0.148. The topological polar surface area (TPSA) is 35.5 Å². The van der Waals surface area contributed by atoms with Gasteiger partial charge in [-0.25, -0.2) is 0 Å². The van der Waals surface area contributed by atoms with Gasteiger partial charge < -0.3 is 9.16 Å². The van der Waals surface area contributed by atoms with Gasteiger partial charge in [0, 0.05) is 12.8 Å². The molecule has 0 unspecified atom stereocenters. The minimum atomic E-state index is -2.13. The lowest BCUT2D eigenvalue weighted by atomic mass is 10.0. The molecule has 0 spiro atoms. The number of esters is 1. The minimum absolute atomic E-state index is 0.0256. The summed E-state index contributed by atoms with van der Waals surface area (Å²) in [6.07, 6.45) is 2.96. The number of hydrogen-bond acceptors (Lipinski definition) is 3. The van der Waals surface area contributed by atoms with E-state index in [-0.39, 0.29) is 23.5 Å². The van der Waals surface area contributed by atoms with Gasteiger partial charge >= 0.3 is 5.97 Å². The van der Waals surface area contributed by atoms with Crippen molar-refractivity contribution in [3.63, 3.8) is 0 Å². The second-order valence-electron chi connectivity index (χ2n) is 9.78. The van der Waals surface area contributed by atoms with Crippen LogP contribution in [0.2, 0.25) is 18.1 Å². The van der Waals surface area contributed by atoms with Crippen LogP contribution in [0.15, 0.2) is 79.1 Å². The molecule has 3 nitrogen and oxygen atoms in total. The first-order chi connectivity index (χ1) is 15.0. The molecule has 0 saturated carbocycles. The van der Waals surface area contributed by atoms with Crippen LogP contribution in [-0.4, -0.2) is 20.4 Å². The molecule has 0 heterocycles. The maximum atomic E-state index is 13.0. The van der Waals surface area contributed by atoms with E-state index in [1.54, 1.807) is 6.08 Å². The van der Waals surface area contributed by atoms with Crippen molar-refractivity contribution in [2.75, 3.05) is 0 Å². The highest BCUT2D eigenvalue weighted by atomic mass is 28.4. The number of carbonyl (C=O) groups excluding carboxylic acids is 1. The maximum absolute atomic E-state index is 13.0. The molecule has 0 bridgehead atoms. The molecule has 0 N–H and O–H groups in total. The molecule has 0 aliphatic carbocycles. The van der Waals surface area contributed by atoms with Crippen molar-refractivity contribution in [2.24, 2.45) is 0 Å². The quantitative estimate of drug-likeness (QED) is 0.162. The van der Waals surface area contributed by atoms with Gasteiger partial charge in [0.1, 0.15) is 12.5 Å². The Bertz CT molecular complexity index is 909. The molecule has 0 amide bonds. The Morgan fingerprint density at radius 2 is 1.59 bits per heavy atom. The Morgan fingerprint density at radius 3 is 2.12 bits per heavy atom. The second kappa shape index (κ2) is 11.3. The Morgan fingerprint density at radius 1 is 1.03 bits per heavy atom. The van der Waals surface area contributed by atoms with Gasteiger partial charge in [-0.2, -0.15) is 0 Å². The fourth-order valence-electron chi connectivity index (χ4n) is 3.15. The number of hydrogen-bond donors (Lipinski definition) is 0. The van der Waals surface area contributed by atoms with Crippen LogP contribution in [0.3, 0.4) is 0 Å². The molecular weight excluding hydrogens is 412 g/mol. The van der Waals surface area contributed by atoms with Crippen LogP contribution in [0.1, 0.15) is 51.7 Å². The van der Waals surface area contributed by atoms with E-state index in [0.717, 1.165) is 16.7 Å². The average Bonchev–Trinajstić information content (AvgIpc) is 2.73. The van der Waals surface area contributed by atoms with Crippen molar-refractivity contribution in [1.82, 2.24) is 0 Å². The van der Waals surface area contributed by atoms with Crippen molar-refractivity contribution in [2.45, 2.75) is 71.2 Å². The smallest absolute Gasteiger partial charge is 0.313 e. The zero-order chi connectivity index (χ0) is 23.8. The van der Waals surface area contributed by atoms with E-state index < -0.39 is 8.32 Å². The van der Waals surface area contributed by atoms with Crippen molar-refractivity contribution < 1.29 is 14.0 Å². The Hall–Kier alpha value is -2.59. The third-order valence-electron chi connectivity index (χ3n) is 6.15. The second-order valence-corrected chi connectivity index (χ2v) is 14.5. The van der Waals surface area contributed by atoms with Crippen LogP contribution in [0.4, 0.5) is 0 Å². The van der Waals surface area contributed by atoms with Crippen LogP contribution >= 0.6 is 0 Å². The summed E-state index contributed by atoms with van der Waals surface area (Å²) < 4.78 is 12.5. The van der Waals surface area contributed by atoms with Crippen molar-refractivity contribution in [1.29, 1.82) is 0 Å². The monoisotopic (exact) mass is 450 g/mol. The van der Waals surface area contributed by atoms with Crippen LogP contribution in [-0.2, 0) is 20.4 Å². The number of benzene rings is 2. The molecule has 0 aliphatic rings. The number of ether oxygens (including phenoxy) is 1. The van der Waals surface area contributed by atoms with Crippen molar-refractivity contribution >= 4 is 19.9 Å². The lowest BCUT2D eigenvalue weighted by Crippen LogP contribution is -2.41. The number of carbonyl (C=O) groups is 1. The highest BCUT2D eigenvalue weighted by molar-refractivity contribution is 6.74. The fourth-order valence-corrected chi connectivity index (χ4v) is 4.30. The van der Waals surface area contributed by atoms with Crippen LogP contribution in [0.25, 0.3) is 5.57 Å². The largest absolute Gasteiger partial charge is 0.546 e. The predicted molar refractivity (Wildman–Crippen MR) is 137 cm³/mol. The highest BCUT2D eigenvalue weighted by Crippen LogP contribution is 2.39. The van der Waals surface area contributed by atoms with E-state index in [0.29, 0.717) is 18.6 Å². The van der Waals surface area contributed by atoms with Gasteiger partial charge in [-0.1, -0.05) is 87.5 Å². The summed E-state index contributed by atoms with van der Waals surface area (Å²) in [5, 5.41) is 0.0256. The van der Waals surface area contributed by atoms with Gasteiger partial charge in [0.25, 0.3) is 0 Å². The summed E-state index contributed by atoms with van der Waals surface area (Å²) in [4.78, 5) is 13.0. The van der Waals surface area contributed by atoms with Gasteiger partial charge in [-0.05, 0) is 41.8 Å². The Labute approximate surface area is 195 Å². The van der Waals surface area contributed by atoms with Crippen molar-refractivity contribution in [3.05, 3.63) is 90.2 Å². The molecule has 2 aromatic carbocycles. The zero-order valence-corrected chi connectivity index (χ0v) is 21.5. The summed E-state index contributed by atoms with van der Waals surface area (Å²) >= 11 is 0. The fraction of sp³-hybridized carbons (Fsp3) is 0.393. The number of allylic oxidation sites excluding steroid dienone is 1. The first kappa shape index (κ1) is 25.7. The summed E-state index contributed by atoms with van der Waals surface area (Å²) in [6, 6.07) is 20.2. The molecule has 0 aliphatic heterocycles. The summed E-state index contributed by atoms with van der Waals surface area (Å²) in [6.45, 7) is 16.9. The SMILES string of the molecule is C=CC[C@@H](Cc1ccccc1)OC(=O)C/C(O[Si](C)(C)C(C)(C)C)=C(\C)c1ccccc1. The molecule has 0 fully saturated rings. The van der Waals surface area contributed by atoms with E-state index in [4.69, 9.17) is 9.16 Å². The molecule has 2 rings (SSSR count).